The lowest BCUT2D eigenvalue weighted by molar-refractivity contribution is 0.223. The van der Waals surface area contributed by atoms with Gasteiger partial charge in [0.2, 0.25) is 0 Å². The van der Waals surface area contributed by atoms with Gasteiger partial charge in [-0.15, -0.1) is 0 Å². The number of rotatable bonds is 4. The van der Waals surface area contributed by atoms with Crippen LogP contribution in [0.4, 0.5) is 0 Å². The van der Waals surface area contributed by atoms with Gasteiger partial charge in [-0.05, 0) is 43.3 Å². The van der Waals surface area contributed by atoms with Crippen LogP contribution in [0.1, 0.15) is 6.42 Å². The number of fused-ring (bicyclic) bond motifs is 1. The molecule has 4 rings (SSSR count). The molecule has 0 aliphatic carbocycles. The topological polar surface area (TPSA) is 60.3 Å². The van der Waals surface area contributed by atoms with Gasteiger partial charge in [0.1, 0.15) is 11.9 Å². The van der Waals surface area contributed by atoms with Crippen LogP contribution in [0.5, 0.6) is 5.75 Å². The molecule has 1 aliphatic rings. The predicted molar refractivity (Wildman–Crippen MR) is 92.9 cm³/mol. The first-order valence-electron chi connectivity index (χ1n) is 7.94. The minimum absolute atomic E-state index is 0.136. The average Bonchev–Trinajstić information content (AvgIpc) is 3.25. The van der Waals surface area contributed by atoms with E-state index in [1.54, 1.807) is 48.7 Å². The van der Waals surface area contributed by atoms with Gasteiger partial charge in [0, 0.05) is 24.2 Å². The smallest absolute Gasteiger partial charge is 0.268 e. The van der Waals surface area contributed by atoms with Gasteiger partial charge in [-0.2, -0.15) is 0 Å². The third-order valence-electron chi connectivity index (χ3n) is 4.25. The molecule has 1 unspecified atom stereocenters. The first-order valence-corrected chi connectivity index (χ1v) is 9.38. The Hall–Kier alpha value is -2.31. The standard InChI is InChI=1S/C18H18N2O3S/c21-24(22,17-4-2-1-3-5-17)20-11-9-14-6-7-15(12-18(14)20)23-16-8-10-19-13-16/h1-7,9,11-12,16,19H,8,10,13H2. The molecule has 0 spiro atoms. The molecule has 0 amide bonds. The lowest BCUT2D eigenvalue weighted by atomic mass is 10.2. The Bertz CT molecular complexity index is 958. The SMILES string of the molecule is O=S(=O)(c1ccccc1)n1ccc2ccc(OC3CCNC3)cc21. The van der Waals surface area contributed by atoms with E-state index in [1.165, 1.54) is 3.97 Å². The predicted octanol–water partition coefficient (Wildman–Crippen LogP) is 2.62. The first kappa shape index (κ1) is 15.2. The normalized spacial score (nSPS) is 18.1. The summed E-state index contributed by atoms with van der Waals surface area (Å²) in [6.45, 7) is 1.77. The number of ether oxygens (including phenoxy) is 1. The van der Waals surface area contributed by atoms with Crippen LogP contribution in [0.25, 0.3) is 10.9 Å². The van der Waals surface area contributed by atoms with Crippen LogP contribution in [0.15, 0.2) is 65.7 Å². The number of hydrogen-bond donors (Lipinski definition) is 1. The number of nitrogens with zero attached hydrogens (tertiary/aromatic N) is 1. The van der Waals surface area contributed by atoms with Crippen LogP contribution in [-0.4, -0.2) is 31.6 Å². The highest BCUT2D eigenvalue weighted by Crippen LogP contribution is 2.26. The largest absolute Gasteiger partial charge is 0.489 e. The molecular weight excluding hydrogens is 324 g/mol. The summed E-state index contributed by atoms with van der Waals surface area (Å²) in [7, 11) is -3.62. The second-order valence-electron chi connectivity index (χ2n) is 5.88. The van der Waals surface area contributed by atoms with Crippen molar-refractivity contribution in [1.29, 1.82) is 0 Å². The van der Waals surface area contributed by atoms with Gasteiger partial charge < -0.3 is 10.1 Å². The summed E-state index contributed by atoms with van der Waals surface area (Å²) in [5.41, 5.74) is 0.627. The van der Waals surface area contributed by atoms with Crippen LogP contribution in [0.2, 0.25) is 0 Å². The molecule has 0 bridgehead atoms. The van der Waals surface area contributed by atoms with Gasteiger partial charge in [0.15, 0.2) is 0 Å². The van der Waals surface area contributed by atoms with E-state index in [9.17, 15) is 8.42 Å². The van der Waals surface area contributed by atoms with Crippen molar-refractivity contribution in [1.82, 2.24) is 9.29 Å². The van der Waals surface area contributed by atoms with Crippen LogP contribution >= 0.6 is 0 Å². The van der Waals surface area contributed by atoms with Crippen molar-refractivity contribution in [2.75, 3.05) is 13.1 Å². The molecule has 24 heavy (non-hydrogen) atoms. The fourth-order valence-electron chi connectivity index (χ4n) is 2.99. The van der Waals surface area contributed by atoms with E-state index in [0.717, 1.165) is 24.9 Å². The monoisotopic (exact) mass is 342 g/mol. The lowest BCUT2D eigenvalue weighted by Crippen LogP contribution is -2.19. The molecule has 3 aromatic rings. The van der Waals surface area contributed by atoms with Crippen LogP contribution in [0, 0.1) is 0 Å². The Kier molecular flexibility index (Phi) is 3.78. The van der Waals surface area contributed by atoms with Crippen LogP contribution < -0.4 is 10.1 Å². The molecule has 5 nitrogen and oxygen atoms in total. The van der Waals surface area contributed by atoms with Crippen molar-refractivity contribution in [3.05, 3.63) is 60.8 Å². The Morgan fingerprint density at radius 2 is 1.92 bits per heavy atom. The van der Waals surface area contributed by atoms with Crippen molar-refractivity contribution in [2.45, 2.75) is 17.4 Å². The Morgan fingerprint density at radius 3 is 2.67 bits per heavy atom. The van der Waals surface area contributed by atoms with Gasteiger partial charge >= 0.3 is 0 Å². The Morgan fingerprint density at radius 1 is 1.08 bits per heavy atom. The number of hydrogen-bond acceptors (Lipinski definition) is 4. The molecule has 1 fully saturated rings. The molecule has 2 heterocycles. The summed E-state index contributed by atoms with van der Waals surface area (Å²) >= 11 is 0. The Labute approximate surface area is 140 Å². The van der Waals surface area contributed by atoms with Gasteiger partial charge in [0.05, 0.1) is 10.4 Å². The molecular formula is C18H18N2O3S. The van der Waals surface area contributed by atoms with Gasteiger partial charge in [0.25, 0.3) is 10.0 Å². The Balaban J connectivity index is 1.76. The first-order chi connectivity index (χ1) is 11.6. The third kappa shape index (κ3) is 2.68. The maximum absolute atomic E-state index is 12.9. The molecule has 124 valence electrons. The van der Waals surface area contributed by atoms with E-state index in [2.05, 4.69) is 5.32 Å². The summed E-state index contributed by atoms with van der Waals surface area (Å²) in [6, 6.07) is 15.8. The highest BCUT2D eigenvalue weighted by atomic mass is 32.2. The second-order valence-corrected chi connectivity index (χ2v) is 7.70. The van der Waals surface area contributed by atoms with Crippen LogP contribution in [-0.2, 0) is 10.0 Å². The number of aromatic nitrogens is 1. The van der Waals surface area contributed by atoms with E-state index in [-0.39, 0.29) is 11.0 Å². The maximum Gasteiger partial charge on any atom is 0.268 e. The van der Waals surface area contributed by atoms with Crippen molar-refractivity contribution < 1.29 is 13.2 Å². The van der Waals surface area contributed by atoms with E-state index >= 15 is 0 Å². The van der Waals surface area contributed by atoms with Crippen molar-refractivity contribution in [2.24, 2.45) is 0 Å². The fraction of sp³-hybridized carbons (Fsp3) is 0.222. The molecule has 6 heteroatoms. The zero-order chi connectivity index (χ0) is 16.6. The highest BCUT2D eigenvalue weighted by Gasteiger charge is 2.20. The lowest BCUT2D eigenvalue weighted by Gasteiger charge is -2.13. The zero-order valence-electron chi connectivity index (χ0n) is 13.1. The van der Waals surface area contributed by atoms with Gasteiger partial charge in [-0.1, -0.05) is 18.2 Å². The van der Waals surface area contributed by atoms with E-state index in [0.29, 0.717) is 11.3 Å². The minimum atomic E-state index is -3.62. The number of nitrogens with one attached hydrogen (secondary N) is 1. The van der Waals surface area contributed by atoms with Gasteiger partial charge in [-0.25, -0.2) is 12.4 Å². The molecule has 1 aromatic heterocycles. The molecule has 1 atom stereocenters. The summed E-state index contributed by atoms with van der Waals surface area (Å²) in [4.78, 5) is 0.272. The second kappa shape index (κ2) is 5.96. The highest BCUT2D eigenvalue weighted by molar-refractivity contribution is 7.90. The van der Waals surface area contributed by atoms with Crippen LogP contribution in [0.3, 0.4) is 0 Å². The fourth-order valence-corrected chi connectivity index (χ4v) is 4.36. The summed E-state index contributed by atoms with van der Waals surface area (Å²) in [5, 5.41) is 4.12. The molecule has 1 N–H and O–H groups in total. The summed E-state index contributed by atoms with van der Waals surface area (Å²) in [6.07, 6.45) is 2.69. The zero-order valence-corrected chi connectivity index (χ0v) is 13.9. The van der Waals surface area contributed by atoms with Gasteiger partial charge in [-0.3, -0.25) is 0 Å². The van der Waals surface area contributed by atoms with Crippen molar-refractivity contribution >= 4 is 20.9 Å². The third-order valence-corrected chi connectivity index (χ3v) is 5.95. The van der Waals surface area contributed by atoms with Crippen molar-refractivity contribution in [3.8, 4) is 5.75 Å². The molecule has 1 saturated heterocycles. The number of benzene rings is 2. The van der Waals surface area contributed by atoms with Crippen molar-refractivity contribution in [3.63, 3.8) is 0 Å². The van der Waals surface area contributed by atoms with E-state index < -0.39 is 10.0 Å². The average molecular weight is 342 g/mol. The molecule has 1 aliphatic heterocycles. The molecule has 0 saturated carbocycles. The van der Waals surface area contributed by atoms with E-state index in [4.69, 9.17) is 4.74 Å². The minimum Gasteiger partial charge on any atom is -0.489 e. The van der Waals surface area contributed by atoms with E-state index in [1.807, 2.05) is 12.1 Å². The quantitative estimate of drug-likeness (QED) is 0.792. The molecule has 2 aromatic carbocycles. The summed E-state index contributed by atoms with van der Waals surface area (Å²) in [5.74, 6) is 0.694. The maximum atomic E-state index is 12.9. The molecule has 0 radical (unpaired) electrons. The summed E-state index contributed by atoms with van der Waals surface area (Å²) < 4.78 is 33.0.